The molecule has 0 bridgehead atoms. The molecule has 0 saturated carbocycles. The maximum Gasteiger partial charge on any atom is 0.244 e. The van der Waals surface area contributed by atoms with Gasteiger partial charge in [0.1, 0.15) is 11.9 Å². The van der Waals surface area contributed by atoms with E-state index in [9.17, 15) is 4.79 Å². The molecular weight excluding hydrogens is 190 g/mol. The minimum atomic E-state index is -0.107. The Bertz CT molecular complexity index is 378. The van der Waals surface area contributed by atoms with Crippen LogP contribution in [0.15, 0.2) is 18.2 Å². The standard InChI is InChI=1S/C11H15N3O/c1-8-4-3-5-10(12-8)13-9-6-7-14(2)11(9)15/h3-5,9H,6-7H2,1-2H3,(H,12,13). The number of carbonyl (C=O) groups excluding carboxylic acids is 1. The van der Waals surface area contributed by atoms with E-state index in [0.717, 1.165) is 24.5 Å². The van der Waals surface area contributed by atoms with Gasteiger partial charge < -0.3 is 10.2 Å². The number of pyridine rings is 1. The number of aryl methyl sites for hydroxylation is 1. The summed E-state index contributed by atoms with van der Waals surface area (Å²) in [5.41, 5.74) is 0.957. The first-order valence-electron chi connectivity index (χ1n) is 5.12. The Kier molecular flexibility index (Phi) is 2.58. The van der Waals surface area contributed by atoms with Gasteiger partial charge in [0.25, 0.3) is 0 Å². The summed E-state index contributed by atoms with van der Waals surface area (Å²) in [7, 11) is 1.83. The average molecular weight is 205 g/mol. The molecule has 1 aliphatic rings. The van der Waals surface area contributed by atoms with Crippen LogP contribution in [-0.4, -0.2) is 35.4 Å². The number of amides is 1. The van der Waals surface area contributed by atoms with Crippen LogP contribution in [-0.2, 0) is 4.79 Å². The lowest BCUT2D eigenvalue weighted by atomic mass is 10.2. The van der Waals surface area contributed by atoms with Crippen molar-refractivity contribution in [3.05, 3.63) is 23.9 Å². The van der Waals surface area contributed by atoms with E-state index in [1.54, 1.807) is 4.90 Å². The van der Waals surface area contributed by atoms with Crippen molar-refractivity contribution in [1.29, 1.82) is 0 Å². The maximum absolute atomic E-state index is 11.6. The van der Waals surface area contributed by atoms with E-state index < -0.39 is 0 Å². The number of carbonyl (C=O) groups is 1. The summed E-state index contributed by atoms with van der Waals surface area (Å²) >= 11 is 0. The second-order valence-electron chi connectivity index (χ2n) is 3.91. The molecule has 1 unspecified atom stereocenters. The lowest BCUT2D eigenvalue weighted by Gasteiger charge is -2.12. The zero-order valence-corrected chi connectivity index (χ0v) is 9.03. The number of nitrogens with one attached hydrogen (secondary N) is 1. The van der Waals surface area contributed by atoms with Gasteiger partial charge in [-0.3, -0.25) is 4.79 Å². The minimum absolute atomic E-state index is 0.107. The van der Waals surface area contributed by atoms with Crippen LogP contribution in [0.2, 0.25) is 0 Å². The number of anilines is 1. The van der Waals surface area contributed by atoms with Crippen LogP contribution in [0.25, 0.3) is 0 Å². The van der Waals surface area contributed by atoms with E-state index in [4.69, 9.17) is 0 Å². The van der Waals surface area contributed by atoms with Crippen LogP contribution in [0.5, 0.6) is 0 Å². The second-order valence-corrected chi connectivity index (χ2v) is 3.91. The molecule has 0 aromatic carbocycles. The fourth-order valence-corrected chi connectivity index (χ4v) is 1.76. The van der Waals surface area contributed by atoms with Gasteiger partial charge in [0.15, 0.2) is 0 Å². The van der Waals surface area contributed by atoms with Crippen molar-refractivity contribution >= 4 is 11.7 Å². The highest BCUT2D eigenvalue weighted by Crippen LogP contribution is 2.14. The Labute approximate surface area is 89.3 Å². The number of rotatable bonds is 2. The summed E-state index contributed by atoms with van der Waals surface area (Å²) in [5, 5.41) is 3.16. The molecule has 1 fully saturated rings. The predicted octanol–water partition coefficient (Wildman–Crippen LogP) is 1.03. The van der Waals surface area contributed by atoms with Gasteiger partial charge in [0.2, 0.25) is 5.91 Å². The number of likely N-dealkylation sites (tertiary alicyclic amines) is 1. The van der Waals surface area contributed by atoms with Gasteiger partial charge in [-0.05, 0) is 25.5 Å². The van der Waals surface area contributed by atoms with Crippen molar-refractivity contribution < 1.29 is 4.79 Å². The Morgan fingerprint density at radius 3 is 2.93 bits per heavy atom. The maximum atomic E-state index is 11.6. The van der Waals surface area contributed by atoms with E-state index in [1.165, 1.54) is 0 Å². The van der Waals surface area contributed by atoms with Crippen molar-refractivity contribution in [2.75, 3.05) is 18.9 Å². The van der Waals surface area contributed by atoms with E-state index in [1.807, 2.05) is 32.2 Å². The minimum Gasteiger partial charge on any atom is -0.358 e. The number of likely N-dealkylation sites (N-methyl/N-ethyl adjacent to an activating group) is 1. The number of aromatic nitrogens is 1. The summed E-state index contributed by atoms with van der Waals surface area (Å²) < 4.78 is 0. The first-order valence-corrected chi connectivity index (χ1v) is 5.12. The molecule has 1 aromatic heterocycles. The first kappa shape index (κ1) is 9.96. The van der Waals surface area contributed by atoms with Gasteiger partial charge >= 0.3 is 0 Å². The SMILES string of the molecule is Cc1cccc(NC2CCN(C)C2=O)n1. The molecule has 4 heteroatoms. The van der Waals surface area contributed by atoms with Gasteiger partial charge in [-0.15, -0.1) is 0 Å². The molecule has 0 radical (unpaired) electrons. The van der Waals surface area contributed by atoms with E-state index in [0.29, 0.717) is 0 Å². The van der Waals surface area contributed by atoms with Gasteiger partial charge in [0.05, 0.1) is 0 Å². The first-order chi connectivity index (χ1) is 7.16. The van der Waals surface area contributed by atoms with Gasteiger partial charge in [0, 0.05) is 19.3 Å². The molecule has 1 atom stereocenters. The normalized spacial score (nSPS) is 20.8. The van der Waals surface area contributed by atoms with Crippen LogP contribution < -0.4 is 5.32 Å². The van der Waals surface area contributed by atoms with Crippen molar-refractivity contribution in [2.45, 2.75) is 19.4 Å². The molecule has 1 aliphatic heterocycles. The average Bonchev–Trinajstić information content (AvgIpc) is 2.50. The fourth-order valence-electron chi connectivity index (χ4n) is 1.76. The van der Waals surface area contributed by atoms with Gasteiger partial charge in [-0.1, -0.05) is 6.07 Å². The zero-order chi connectivity index (χ0) is 10.8. The van der Waals surface area contributed by atoms with Crippen LogP contribution in [0, 0.1) is 6.92 Å². The van der Waals surface area contributed by atoms with Crippen molar-refractivity contribution in [3.8, 4) is 0 Å². The summed E-state index contributed by atoms with van der Waals surface area (Å²) in [4.78, 5) is 17.7. The molecule has 1 saturated heterocycles. The van der Waals surface area contributed by atoms with Crippen molar-refractivity contribution in [2.24, 2.45) is 0 Å². The van der Waals surface area contributed by atoms with E-state index >= 15 is 0 Å². The molecule has 80 valence electrons. The third-order valence-corrected chi connectivity index (χ3v) is 2.64. The number of nitrogens with zero attached hydrogens (tertiary/aromatic N) is 2. The summed E-state index contributed by atoms with van der Waals surface area (Å²) in [6.45, 7) is 2.76. The van der Waals surface area contributed by atoms with Crippen molar-refractivity contribution in [1.82, 2.24) is 9.88 Å². The predicted molar refractivity (Wildman–Crippen MR) is 58.6 cm³/mol. The fraction of sp³-hybridized carbons (Fsp3) is 0.455. The molecule has 1 aromatic rings. The highest BCUT2D eigenvalue weighted by molar-refractivity contribution is 5.86. The summed E-state index contributed by atoms with van der Waals surface area (Å²) in [6.07, 6.45) is 0.852. The molecule has 2 heterocycles. The molecule has 15 heavy (non-hydrogen) atoms. The Hall–Kier alpha value is -1.58. The number of hydrogen-bond donors (Lipinski definition) is 1. The smallest absolute Gasteiger partial charge is 0.244 e. The molecule has 1 amide bonds. The monoisotopic (exact) mass is 205 g/mol. The zero-order valence-electron chi connectivity index (χ0n) is 9.03. The molecule has 4 nitrogen and oxygen atoms in total. The van der Waals surface area contributed by atoms with E-state index in [-0.39, 0.29) is 11.9 Å². The highest BCUT2D eigenvalue weighted by atomic mass is 16.2. The molecule has 0 spiro atoms. The summed E-state index contributed by atoms with van der Waals surface area (Å²) in [5.74, 6) is 0.932. The van der Waals surface area contributed by atoms with Gasteiger partial charge in [-0.25, -0.2) is 4.98 Å². The molecule has 1 N–H and O–H groups in total. The van der Waals surface area contributed by atoms with Crippen LogP contribution in [0.1, 0.15) is 12.1 Å². The highest BCUT2D eigenvalue weighted by Gasteiger charge is 2.28. The Morgan fingerprint density at radius 2 is 2.33 bits per heavy atom. The van der Waals surface area contributed by atoms with Crippen molar-refractivity contribution in [3.63, 3.8) is 0 Å². The molecule has 0 aliphatic carbocycles. The second kappa shape index (κ2) is 3.88. The molecule has 2 rings (SSSR count). The Balaban J connectivity index is 2.06. The van der Waals surface area contributed by atoms with E-state index in [2.05, 4.69) is 10.3 Å². The largest absolute Gasteiger partial charge is 0.358 e. The molecular formula is C11H15N3O. The quantitative estimate of drug-likeness (QED) is 0.784. The lowest BCUT2D eigenvalue weighted by Crippen LogP contribution is -2.31. The Morgan fingerprint density at radius 1 is 1.53 bits per heavy atom. The van der Waals surface area contributed by atoms with Crippen LogP contribution in [0.3, 0.4) is 0 Å². The van der Waals surface area contributed by atoms with Crippen LogP contribution >= 0.6 is 0 Å². The number of hydrogen-bond acceptors (Lipinski definition) is 3. The third-order valence-electron chi connectivity index (χ3n) is 2.64. The summed E-state index contributed by atoms with van der Waals surface area (Å²) in [6, 6.07) is 5.66. The van der Waals surface area contributed by atoms with Crippen LogP contribution in [0.4, 0.5) is 5.82 Å². The lowest BCUT2D eigenvalue weighted by molar-refractivity contribution is -0.127. The van der Waals surface area contributed by atoms with Gasteiger partial charge in [-0.2, -0.15) is 0 Å². The third kappa shape index (κ3) is 2.09. The topological polar surface area (TPSA) is 45.2 Å².